The highest BCUT2D eigenvalue weighted by molar-refractivity contribution is 5.95. The van der Waals surface area contributed by atoms with E-state index in [0.717, 1.165) is 22.3 Å². The summed E-state index contributed by atoms with van der Waals surface area (Å²) in [5.74, 6) is 0. The third kappa shape index (κ3) is 5.30. The van der Waals surface area contributed by atoms with Crippen molar-refractivity contribution >= 4 is 22.1 Å². The Morgan fingerprint density at radius 3 is 2.19 bits per heavy atom. The Labute approximate surface area is 215 Å². The molecule has 1 heterocycles. The topological polar surface area (TPSA) is 82.0 Å². The number of nitrogens with one attached hydrogen (secondary N) is 1. The second-order valence-electron chi connectivity index (χ2n) is 12.5. The Bertz CT molecular complexity index is 1190. The van der Waals surface area contributed by atoms with Crippen molar-refractivity contribution in [1.29, 1.82) is 0 Å². The summed E-state index contributed by atoms with van der Waals surface area (Å²) in [5.41, 5.74) is 1.23. The summed E-state index contributed by atoms with van der Waals surface area (Å²) in [7, 11) is 0. The van der Waals surface area contributed by atoms with E-state index < -0.39 is 35.4 Å². The molecule has 36 heavy (non-hydrogen) atoms. The summed E-state index contributed by atoms with van der Waals surface area (Å²) in [6, 6.07) is 22.6. The van der Waals surface area contributed by atoms with Gasteiger partial charge in [-0.15, -0.1) is 0 Å². The molecule has 1 fully saturated rings. The Kier molecular flexibility index (Phi) is 7.24. The van der Waals surface area contributed by atoms with Crippen molar-refractivity contribution in [3.05, 3.63) is 72.3 Å². The number of hydrogen-bond donors (Lipinski definition) is 4. The van der Waals surface area contributed by atoms with Gasteiger partial charge in [0.05, 0.1) is 6.10 Å². The van der Waals surface area contributed by atoms with Crippen molar-refractivity contribution in [2.45, 2.75) is 84.4 Å². The first-order chi connectivity index (χ1) is 16.8. The molecular weight excluding hydrogens is 450 g/mol. The molecule has 0 aliphatic carbocycles. The Balaban J connectivity index is 1.67. The van der Waals surface area contributed by atoms with E-state index in [1.807, 2.05) is 57.2 Å². The van der Waals surface area contributed by atoms with Crippen LogP contribution < -0.4 is 5.32 Å². The predicted molar refractivity (Wildman–Crippen MR) is 147 cm³/mol. The average molecular weight is 492 g/mol. The van der Waals surface area contributed by atoms with E-state index >= 15 is 0 Å². The fraction of sp³-hybridized carbons (Fsp3) is 0.484. The van der Waals surface area contributed by atoms with Gasteiger partial charge in [-0.1, -0.05) is 90.1 Å². The maximum atomic E-state index is 11.3. The van der Waals surface area contributed by atoms with Crippen molar-refractivity contribution in [1.82, 2.24) is 0 Å². The van der Waals surface area contributed by atoms with Crippen LogP contribution in [0, 0.1) is 10.8 Å². The Morgan fingerprint density at radius 1 is 0.833 bits per heavy atom. The quantitative estimate of drug-likeness (QED) is 0.361. The lowest BCUT2D eigenvalue weighted by Crippen LogP contribution is -2.69. The van der Waals surface area contributed by atoms with Gasteiger partial charge in [0.25, 0.3) is 0 Å². The maximum Gasteiger partial charge on any atom is 0.112 e. The van der Waals surface area contributed by atoms with Gasteiger partial charge in [0.15, 0.2) is 0 Å². The molecule has 0 aromatic heterocycles. The van der Waals surface area contributed by atoms with Crippen LogP contribution in [0.3, 0.4) is 0 Å². The third-order valence-electron chi connectivity index (χ3n) is 7.44. The zero-order valence-corrected chi connectivity index (χ0v) is 22.3. The highest BCUT2D eigenvalue weighted by Gasteiger charge is 2.58. The molecule has 0 spiro atoms. The van der Waals surface area contributed by atoms with Crippen LogP contribution in [0.2, 0.25) is 0 Å². The van der Waals surface area contributed by atoms with Crippen LogP contribution in [-0.2, 0) is 11.2 Å². The third-order valence-corrected chi connectivity index (χ3v) is 7.44. The lowest BCUT2D eigenvalue weighted by Gasteiger charge is -2.56. The summed E-state index contributed by atoms with van der Waals surface area (Å²) in [4.78, 5) is 0. The molecule has 5 atom stereocenters. The number of fused-ring (bicyclic) bond motifs is 1. The molecule has 0 amide bonds. The largest absolute Gasteiger partial charge is 0.388 e. The minimum atomic E-state index is -1.29. The molecule has 1 aliphatic rings. The second kappa shape index (κ2) is 9.79. The van der Waals surface area contributed by atoms with Crippen LogP contribution >= 0.6 is 0 Å². The number of hydrogen-bond acceptors (Lipinski definition) is 5. The molecule has 0 saturated carbocycles. The molecular formula is C31H41NO4. The minimum absolute atomic E-state index is 0.112. The summed E-state index contributed by atoms with van der Waals surface area (Å²) >= 11 is 0. The molecule has 3 aromatic carbocycles. The average Bonchev–Trinajstić information content (AvgIpc) is 2.80. The van der Waals surface area contributed by atoms with Gasteiger partial charge in [0.1, 0.15) is 23.9 Å². The van der Waals surface area contributed by atoms with Crippen LogP contribution in [0.4, 0.5) is 11.4 Å². The highest BCUT2D eigenvalue weighted by Crippen LogP contribution is 2.47. The standard InChI is InChI=1S/C31H41NO4/c1-29(2,3)19-25-26(33)27(34)28(35)31(36-25,30(4,5)6)18-20-11-9-14-22(17-20)32-24-16-10-13-21-12-7-8-15-23(21)24/h7-17,25-28,32-35H,18-19H2,1-6H3/t25-,26-,27+,28-,31?/m1/s1. The number of ether oxygens (including phenoxy) is 1. The van der Waals surface area contributed by atoms with E-state index in [1.165, 1.54) is 5.39 Å². The zero-order chi connectivity index (χ0) is 26.3. The number of benzene rings is 3. The highest BCUT2D eigenvalue weighted by atomic mass is 16.5. The van der Waals surface area contributed by atoms with Gasteiger partial charge >= 0.3 is 0 Å². The lowest BCUT2D eigenvalue weighted by atomic mass is 9.65. The molecule has 0 bridgehead atoms. The van der Waals surface area contributed by atoms with E-state index in [1.54, 1.807) is 0 Å². The van der Waals surface area contributed by atoms with Crippen LogP contribution in [-0.4, -0.2) is 45.3 Å². The monoisotopic (exact) mass is 491 g/mol. The second-order valence-corrected chi connectivity index (χ2v) is 12.5. The Morgan fingerprint density at radius 2 is 1.50 bits per heavy atom. The molecule has 194 valence electrons. The first-order valence-electron chi connectivity index (χ1n) is 12.9. The van der Waals surface area contributed by atoms with E-state index in [0.29, 0.717) is 12.8 Å². The van der Waals surface area contributed by atoms with Crippen molar-refractivity contribution in [2.24, 2.45) is 10.8 Å². The van der Waals surface area contributed by atoms with Gasteiger partial charge in [0.2, 0.25) is 0 Å². The van der Waals surface area contributed by atoms with Gasteiger partial charge in [-0.2, -0.15) is 0 Å². The molecule has 4 N–H and O–H groups in total. The van der Waals surface area contributed by atoms with E-state index in [9.17, 15) is 15.3 Å². The van der Waals surface area contributed by atoms with Crippen molar-refractivity contribution in [3.8, 4) is 0 Å². The summed E-state index contributed by atoms with van der Waals surface area (Å²) in [5, 5.41) is 38.9. The van der Waals surface area contributed by atoms with Crippen LogP contribution in [0.5, 0.6) is 0 Å². The van der Waals surface area contributed by atoms with Crippen LogP contribution in [0.25, 0.3) is 10.8 Å². The molecule has 1 aliphatic heterocycles. The van der Waals surface area contributed by atoms with Gasteiger partial charge < -0.3 is 25.4 Å². The van der Waals surface area contributed by atoms with Crippen molar-refractivity contribution in [2.75, 3.05) is 5.32 Å². The number of rotatable bonds is 5. The lowest BCUT2D eigenvalue weighted by molar-refractivity contribution is -0.301. The normalized spacial score (nSPS) is 27.2. The maximum absolute atomic E-state index is 11.3. The smallest absolute Gasteiger partial charge is 0.112 e. The number of aliphatic hydroxyl groups is 3. The predicted octanol–water partition coefficient (Wildman–Crippen LogP) is 5.83. The number of anilines is 2. The molecule has 1 unspecified atom stereocenters. The first kappa shape index (κ1) is 26.6. The van der Waals surface area contributed by atoms with Gasteiger partial charge in [-0.25, -0.2) is 0 Å². The van der Waals surface area contributed by atoms with Gasteiger partial charge in [-0.3, -0.25) is 0 Å². The van der Waals surface area contributed by atoms with Gasteiger partial charge in [-0.05, 0) is 46.4 Å². The van der Waals surface area contributed by atoms with Crippen LogP contribution in [0.15, 0.2) is 66.7 Å². The Hall–Kier alpha value is -2.44. The van der Waals surface area contributed by atoms with Crippen LogP contribution in [0.1, 0.15) is 53.5 Å². The first-order valence-corrected chi connectivity index (χ1v) is 12.9. The van der Waals surface area contributed by atoms with E-state index in [-0.39, 0.29) is 5.41 Å². The van der Waals surface area contributed by atoms with E-state index in [4.69, 9.17) is 4.74 Å². The van der Waals surface area contributed by atoms with Gasteiger partial charge in [0, 0.05) is 23.2 Å². The zero-order valence-electron chi connectivity index (χ0n) is 22.3. The minimum Gasteiger partial charge on any atom is -0.388 e. The molecule has 4 rings (SSSR count). The summed E-state index contributed by atoms with van der Waals surface area (Å²) < 4.78 is 6.65. The molecule has 5 heteroatoms. The molecule has 3 aromatic rings. The summed E-state index contributed by atoms with van der Waals surface area (Å²) in [6.07, 6.45) is -3.29. The molecule has 5 nitrogen and oxygen atoms in total. The fourth-order valence-electron chi connectivity index (χ4n) is 5.44. The van der Waals surface area contributed by atoms with E-state index in [2.05, 4.69) is 56.4 Å². The SMILES string of the molecule is CC(C)(C)C[C@H]1OC(Cc2cccc(Nc3cccc4ccccc34)c2)(C(C)(C)C)[C@H](O)[C@@H](O)[C@@H]1O. The number of aliphatic hydroxyl groups excluding tert-OH is 3. The summed E-state index contributed by atoms with van der Waals surface area (Å²) in [6.45, 7) is 12.3. The molecule has 1 saturated heterocycles. The molecule has 0 radical (unpaired) electrons. The van der Waals surface area contributed by atoms with Crippen molar-refractivity contribution in [3.63, 3.8) is 0 Å². The fourth-order valence-corrected chi connectivity index (χ4v) is 5.44. The van der Waals surface area contributed by atoms with Crippen molar-refractivity contribution < 1.29 is 20.1 Å².